The van der Waals surface area contributed by atoms with Gasteiger partial charge in [0.05, 0.1) is 6.10 Å². The lowest BCUT2D eigenvalue weighted by molar-refractivity contribution is -0.144. The highest BCUT2D eigenvalue weighted by Crippen LogP contribution is 2.27. The summed E-state index contributed by atoms with van der Waals surface area (Å²) in [5.41, 5.74) is 5.82. The molecule has 1 amide bonds. The number of halogens is 1. The minimum atomic E-state index is 0. The molecule has 21 heavy (non-hydrogen) atoms. The summed E-state index contributed by atoms with van der Waals surface area (Å²) < 4.78 is 5.90. The smallest absolute Gasteiger partial charge is 0.248 e. The van der Waals surface area contributed by atoms with Gasteiger partial charge in [0.1, 0.15) is 6.61 Å². The first-order valence-corrected chi connectivity index (χ1v) is 8.23. The number of rotatable bonds is 4. The van der Waals surface area contributed by atoms with E-state index in [9.17, 15) is 4.79 Å². The molecule has 2 aliphatic rings. The van der Waals surface area contributed by atoms with Crippen LogP contribution in [0.15, 0.2) is 0 Å². The molecule has 0 radical (unpaired) electrons. The van der Waals surface area contributed by atoms with Crippen molar-refractivity contribution in [2.45, 2.75) is 64.5 Å². The first-order valence-electron chi connectivity index (χ1n) is 8.23. The van der Waals surface area contributed by atoms with Crippen molar-refractivity contribution in [1.29, 1.82) is 0 Å². The average molecular weight is 319 g/mol. The van der Waals surface area contributed by atoms with Gasteiger partial charge in [-0.05, 0) is 37.5 Å². The molecular formula is C16H31ClN2O2. The minimum absolute atomic E-state index is 0. The third-order valence-corrected chi connectivity index (χ3v) is 5.02. The number of ether oxygens (including phenoxy) is 1. The molecule has 1 aliphatic heterocycles. The lowest BCUT2D eigenvalue weighted by atomic mass is 9.88. The Hall–Kier alpha value is -0.320. The highest BCUT2D eigenvalue weighted by Gasteiger charge is 2.30. The van der Waals surface area contributed by atoms with Gasteiger partial charge >= 0.3 is 0 Å². The first-order chi connectivity index (χ1) is 9.61. The topological polar surface area (TPSA) is 55.6 Å². The van der Waals surface area contributed by atoms with Gasteiger partial charge in [-0.3, -0.25) is 4.79 Å². The molecule has 2 rings (SSSR count). The standard InChI is InChI=1S/C16H30N2O2.ClH/c1-12-7-8-18(14(9-12)10-17)16(19)11-20-15-6-4-3-5-13(15)2;/h12-15H,3-11,17H2,1-2H3;1H. The van der Waals surface area contributed by atoms with E-state index in [-0.39, 0.29) is 37.1 Å². The fourth-order valence-corrected chi connectivity index (χ4v) is 3.59. The van der Waals surface area contributed by atoms with Crippen molar-refractivity contribution >= 4 is 18.3 Å². The van der Waals surface area contributed by atoms with Crippen LogP contribution in [0.5, 0.6) is 0 Å². The molecule has 2 N–H and O–H groups in total. The maximum absolute atomic E-state index is 12.4. The predicted molar refractivity (Wildman–Crippen MR) is 87.6 cm³/mol. The lowest BCUT2D eigenvalue weighted by Crippen LogP contribution is -2.50. The van der Waals surface area contributed by atoms with Crippen LogP contribution < -0.4 is 5.73 Å². The van der Waals surface area contributed by atoms with E-state index in [0.717, 1.165) is 25.8 Å². The molecule has 1 heterocycles. The zero-order valence-corrected chi connectivity index (χ0v) is 14.2. The zero-order chi connectivity index (χ0) is 14.5. The number of carbonyl (C=O) groups is 1. The van der Waals surface area contributed by atoms with E-state index in [1.165, 1.54) is 19.3 Å². The summed E-state index contributed by atoms with van der Waals surface area (Å²) in [5, 5.41) is 0. The number of amides is 1. The quantitative estimate of drug-likeness (QED) is 0.867. The molecule has 4 unspecified atom stereocenters. The highest BCUT2D eigenvalue weighted by molar-refractivity contribution is 5.85. The molecule has 1 saturated heterocycles. The van der Waals surface area contributed by atoms with Gasteiger partial charge < -0.3 is 15.4 Å². The van der Waals surface area contributed by atoms with Crippen molar-refractivity contribution in [3.05, 3.63) is 0 Å². The molecule has 0 aromatic carbocycles. The molecule has 5 heteroatoms. The Bertz CT molecular complexity index is 327. The van der Waals surface area contributed by atoms with Crippen molar-refractivity contribution in [2.24, 2.45) is 17.6 Å². The number of hydrogen-bond donors (Lipinski definition) is 1. The Morgan fingerprint density at radius 2 is 1.95 bits per heavy atom. The second-order valence-corrected chi connectivity index (χ2v) is 6.72. The Labute approximate surface area is 135 Å². The molecule has 0 aromatic rings. The summed E-state index contributed by atoms with van der Waals surface area (Å²) in [7, 11) is 0. The average Bonchev–Trinajstić information content (AvgIpc) is 2.46. The van der Waals surface area contributed by atoms with Gasteiger partial charge in [0.15, 0.2) is 0 Å². The van der Waals surface area contributed by atoms with Crippen molar-refractivity contribution < 1.29 is 9.53 Å². The Kier molecular flexibility index (Phi) is 7.99. The van der Waals surface area contributed by atoms with Crippen molar-refractivity contribution in [3.63, 3.8) is 0 Å². The second kappa shape index (κ2) is 8.96. The fraction of sp³-hybridized carbons (Fsp3) is 0.938. The van der Waals surface area contributed by atoms with E-state index in [2.05, 4.69) is 13.8 Å². The van der Waals surface area contributed by atoms with E-state index < -0.39 is 0 Å². The molecule has 2 fully saturated rings. The molecule has 4 nitrogen and oxygen atoms in total. The van der Waals surface area contributed by atoms with Crippen LogP contribution in [-0.4, -0.2) is 42.6 Å². The van der Waals surface area contributed by atoms with Crippen LogP contribution in [0.2, 0.25) is 0 Å². The zero-order valence-electron chi connectivity index (χ0n) is 13.4. The summed E-state index contributed by atoms with van der Waals surface area (Å²) in [6, 6.07) is 0.207. The van der Waals surface area contributed by atoms with E-state index in [1.807, 2.05) is 4.90 Å². The van der Waals surface area contributed by atoms with E-state index in [0.29, 0.717) is 18.4 Å². The van der Waals surface area contributed by atoms with Crippen LogP contribution in [0.4, 0.5) is 0 Å². The summed E-state index contributed by atoms with van der Waals surface area (Å²) in [4.78, 5) is 14.3. The van der Waals surface area contributed by atoms with E-state index >= 15 is 0 Å². The van der Waals surface area contributed by atoms with E-state index in [4.69, 9.17) is 10.5 Å². The number of carbonyl (C=O) groups excluding carboxylic acids is 1. The third kappa shape index (κ3) is 5.11. The van der Waals surface area contributed by atoms with Gasteiger partial charge in [0.2, 0.25) is 5.91 Å². The summed E-state index contributed by atoms with van der Waals surface area (Å²) in [6.07, 6.45) is 7.25. The van der Waals surface area contributed by atoms with Gasteiger partial charge in [-0.25, -0.2) is 0 Å². The number of nitrogens with zero attached hydrogens (tertiary/aromatic N) is 1. The Morgan fingerprint density at radius 3 is 2.62 bits per heavy atom. The third-order valence-electron chi connectivity index (χ3n) is 5.02. The SMILES string of the molecule is CC1CCN(C(=O)COC2CCCCC2C)C(CN)C1.Cl. The van der Waals surface area contributed by atoms with Crippen LogP contribution in [0.1, 0.15) is 52.4 Å². The summed E-state index contributed by atoms with van der Waals surface area (Å²) in [6.45, 7) is 6.12. The Balaban J connectivity index is 0.00000220. The highest BCUT2D eigenvalue weighted by atomic mass is 35.5. The summed E-state index contributed by atoms with van der Waals surface area (Å²) >= 11 is 0. The molecule has 0 bridgehead atoms. The van der Waals surface area contributed by atoms with Crippen LogP contribution in [-0.2, 0) is 9.53 Å². The number of nitrogens with two attached hydrogens (primary N) is 1. The number of likely N-dealkylation sites (tertiary alicyclic amines) is 1. The van der Waals surface area contributed by atoms with Crippen LogP contribution in [0.3, 0.4) is 0 Å². The Morgan fingerprint density at radius 1 is 1.24 bits per heavy atom. The molecule has 0 spiro atoms. The largest absolute Gasteiger partial charge is 0.368 e. The maximum Gasteiger partial charge on any atom is 0.248 e. The lowest BCUT2D eigenvalue weighted by Gasteiger charge is -2.38. The predicted octanol–water partition coefficient (Wildman–Crippen LogP) is 2.59. The minimum Gasteiger partial charge on any atom is -0.368 e. The fourth-order valence-electron chi connectivity index (χ4n) is 3.59. The summed E-state index contributed by atoms with van der Waals surface area (Å²) in [5.74, 6) is 1.39. The van der Waals surface area contributed by atoms with Crippen molar-refractivity contribution in [3.8, 4) is 0 Å². The molecule has 1 aliphatic carbocycles. The van der Waals surface area contributed by atoms with Crippen molar-refractivity contribution in [1.82, 2.24) is 4.90 Å². The normalized spacial score (nSPS) is 33.4. The van der Waals surface area contributed by atoms with Crippen molar-refractivity contribution in [2.75, 3.05) is 19.7 Å². The molecule has 0 aromatic heterocycles. The monoisotopic (exact) mass is 318 g/mol. The maximum atomic E-state index is 12.4. The van der Waals surface area contributed by atoms with Gasteiger partial charge in [-0.2, -0.15) is 0 Å². The van der Waals surface area contributed by atoms with Gasteiger partial charge in [0, 0.05) is 19.1 Å². The van der Waals surface area contributed by atoms with Gasteiger partial charge in [-0.15, -0.1) is 12.4 Å². The second-order valence-electron chi connectivity index (χ2n) is 6.72. The molecular weight excluding hydrogens is 288 g/mol. The van der Waals surface area contributed by atoms with Gasteiger partial charge in [0.25, 0.3) is 0 Å². The molecule has 4 atom stereocenters. The van der Waals surface area contributed by atoms with Crippen LogP contribution in [0, 0.1) is 11.8 Å². The van der Waals surface area contributed by atoms with Gasteiger partial charge in [-0.1, -0.05) is 26.7 Å². The van der Waals surface area contributed by atoms with Crippen LogP contribution in [0.25, 0.3) is 0 Å². The number of piperidine rings is 1. The molecule has 1 saturated carbocycles. The van der Waals surface area contributed by atoms with Crippen LogP contribution >= 0.6 is 12.4 Å². The number of hydrogen-bond acceptors (Lipinski definition) is 3. The molecule has 124 valence electrons. The van der Waals surface area contributed by atoms with E-state index in [1.54, 1.807) is 0 Å². The first kappa shape index (κ1) is 18.7.